The first-order valence-electron chi connectivity index (χ1n) is 6.95. The molecule has 2 rings (SSSR count). The molecule has 114 valence electrons. The van der Waals surface area contributed by atoms with Crippen molar-refractivity contribution < 1.29 is 14.0 Å². The van der Waals surface area contributed by atoms with Crippen molar-refractivity contribution in [2.75, 3.05) is 4.90 Å². The zero-order valence-electron chi connectivity index (χ0n) is 12.2. The van der Waals surface area contributed by atoms with Crippen molar-refractivity contribution in [3.8, 4) is 0 Å². The van der Waals surface area contributed by atoms with E-state index >= 15 is 0 Å². The lowest BCUT2D eigenvalue weighted by molar-refractivity contribution is -0.134. The highest BCUT2D eigenvalue weighted by molar-refractivity contribution is 9.10. The Balaban J connectivity index is 2.46. The van der Waals surface area contributed by atoms with Crippen LogP contribution in [-0.4, -0.2) is 23.9 Å². The number of carbonyl (C=O) groups is 2. The minimum Gasteiger partial charge on any atom is -0.342 e. The number of hydrogen-bond acceptors (Lipinski definition) is 2. The second-order valence-electron chi connectivity index (χ2n) is 5.46. The molecule has 4 nitrogen and oxygen atoms in total. The van der Waals surface area contributed by atoms with Crippen LogP contribution in [0.1, 0.15) is 27.2 Å². The van der Waals surface area contributed by atoms with E-state index < -0.39 is 17.9 Å². The lowest BCUT2D eigenvalue weighted by Gasteiger charge is -2.40. The van der Waals surface area contributed by atoms with Gasteiger partial charge >= 0.3 is 0 Å². The molecule has 1 aliphatic rings. The third kappa shape index (κ3) is 2.95. The van der Waals surface area contributed by atoms with E-state index in [9.17, 15) is 14.0 Å². The number of rotatable bonds is 3. The lowest BCUT2D eigenvalue weighted by Crippen LogP contribution is -2.64. The van der Waals surface area contributed by atoms with E-state index in [2.05, 4.69) is 21.2 Å². The van der Waals surface area contributed by atoms with E-state index in [1.54, 1.807) is 0 Å². The van der Waals surface area contributed by atoms with Gasteiger partial charge in [-0.3, -0.25) is 14.5 Å². The molecule has 0 aromatic heterocycles. The summed E-state index contributed by atoms with van der Waals surface area (Å²) in [5.74, 6) is -0.738. The molecular weight excluding hydrogens is 339 g/mol. The number of benzene rings is 1. The number of amides is 2. The average Bonchev–Trinajstić information content (AvgIpc) is 2.43. The second-order valence-corrected chi connectivity index (χ2v) is 6.32. The van der Waals surface area contributed by atoms with Crippen LogP contribution in [0.15, 0.2) is 22.7 Å². The third-order valence-electron chi connectivity index (χ3n) is 3.65. The molecule has 0 spiro atoms. The SMILES string of the molecule is CCC1C(=O)NC(C(C)C)C(=O)N1c1ccc(F)c(Br)c1. The highest BCUT2D eigenvalue weighted by Crippen LogP contribution is 2.28. The van der Waals surface area contributed by atoms with Gasteiger partial charge in [0, 0.05) is 5.69 Å². The first-order chi connectivity index (χ1) is 9.86. The Kier molecular flexibility index (Phi) is 4.66. The molecule has 0 radical (unpaired) electrons. The van der Waals surface area contributed by atoms with Gasteiger partial charge in [-0.15, -0.1) is 0 Å². The van der Waals surface area contributed by atoms with Crippen molar-refractivity contribution in [2.45, 2.75) is 39.3 Å². The van der Waals surface area contributed by atoms with Crippen molar-refractivity contribution in [3.05, 3.63) is 28.5 Å². The monoisotopic (exact) mass is 356 g/mol. The topological polar surface area (TPSA) is 49.4 Å². The standard InChI is InChI=1S/C15H18BrFN2O2/c1-4-12-14(20)18-13(8(2)3)15(21)19(12)9-5-6-11(17)10(16)7-9/h5-8,12-13H,4H2,1-3H3,(H,18,20). The van der Waals surface area contributed by atoms with Crippen molar-refractivity contribution in [3.63, 3.8) is 0 Å². The Hall–Kier alpha value is -1.43. The van der Waals surface area contributed by atoms with Crippen LogP contribution >= 0.6 is 15.9 Å². The Morgan fingerprint density at radius 2 is 2.05 bits per heavy atom. The van der Waals surface area contributed by atoms with E-state index in [1.807, 2.05) is 20.8 Å². The smallest absolute Gasteiger partial charge is 0.250 e. The molecule has 0 aliphatic carbocycles. The molecule has 0 bridgehead atoms. The molecule has 1 fully saturated rings. The van der Waals surface area contributed by atoms with E-state index in [4.69, 9.17) is 0 Å². The highest BCUT2D eigenvalue weighted by atomic mass is 79.9. The number of nitrogens with one attached hydrogen (secondary N) is 1. The Labute approximate surface area is 131 Å². The molecule has 21 heavy (non-hydrogen) atoms. The van der Waals surface area contributed by atoms with Crippen LogP contribution in [0.25, 0.3) is 0 Å². The van der Waals surface area contributed by atoms with Gasteiger partial charge in [-0.2, -0.15) is 0 Å². The summed E-state index contributed by atoms with van der Waals surface area (Å²) in [5, 5.41) is 2.78. The molecule has 1 aliphatic heterocycles. The predicted molar refractivity (Wildman–Crippen MR) is 82.4 cm³/mol. The van der Waals surface area contributed by atoms with Gasteiger partial charge in [0.05, 0.1) is 4.47 Å². The summed E-state index contributed by atoms with van der Waals surface area (Å²) < 4.78 is 13.7. The fourth-order valence-electron chi connectivity index (χ4n) is 2.49. The molecule has 1 aromatic carbocycles. The minimum atomic E-state index is -0.565. The van der Waals surface area contributed by atoms with Crippen LogP contribution in [-0.2, 0) is 9.59 Å². The van der Waals surface area contributed by atoms with Crippen molar-refractivity contribution in [1.82, 2.24) is 5.32 Å². The Bertz CT molecular complexity index is 577. The van der Waals surface area contributed by atoms with Crippen molar-refractivity contribution in [2.24, 2.45) is 5.92 Å². The van der Waals surface area contributed by atoms with Crippen LogP contribution in [0.3, 0.4) is 0 Å². The molecule has 2 amide bonds. The molecule has 6 heteroatoms. The highest BCUT2D eigenvalue weighted by Gasteiger charge is 2.41. The van der Waals surface area contributed by atoms with E-state index in [-0.39, 0.29) is 22.2 Å². The molecular formula is C15H18BrFN2O2. The molecule has 1 heterocycles. The second kappa shape index (κ2) is 6.13. The molecule has 2 atom stereocenters. The summed E-state index contributed by atoms with van der Waals surface area (Å²) in [6, 6.07) is 3.23. The van der Waals surface area contributed by atoms with Crippen LogP contribution in [0.5, 0.6) is 0 Å². The van der Waals surface area contributed by atoms with Gasteiger partial charge in [0.15, 0.2) is 0 Å². The largest absolute Gasteiger partial charge is 0.342 e. The quantitative estimate of drug-likeness (QED) is 0.905. The predicted octanol–water partition coefficient (Wildman–Crippen LogP) is 2.85. The van der Waals surface area contributed by atoms with Crippen LogP contribution in [0.4, 0.5) is 10.1 Å². The number of hydrogen-bond donors (Lipinski definition) is 1. The maximum atomic E-state index is 13.4. The van der Waals surface area contributed by atoms with Gasteiger partial charge in [0.2, 0.25) is 5.91 Å². The summed E-state index contributed by atoms with van der Waals surface area (Å²) in [6.45, 7) is 5.61. The molecule has 1 saturated heterocycles. The number of anilines is 1. The van der Waals surface area contributed by atoms with Crippen molar-refractivity contribution >= 4 is 33.4 Å². The van der Waals surface area contributed by atoms with E-state index in [0.717, 1.165) is 0 Å². The average molecular weight is 357 g/mol. The van der Waals surface area contributed by atoms with Crippen molar-refractivity contribution in [1.29, 1.82) is 0 Å². The first kappa shape index (κ1) is 15.9. The Morgan fingerprint density at radius 1 is 1.38 bits per heavy atom. The summed E-state index contributed by atoms with van der Waals surface area (Å²) in [5.41, 5.74) is 0.528. The summed E-state index contributed by atoms with van der Waals surface area (Å²) >= 11 is 3.12. The zero-order valence-corrected chi connectivity index (χ0v) is 13.8. The fourth-order valence-corrected chi connectivity index (χ4v) is 2.86. The van der Waals surface area contributed by atoms with Crippen LogP contribution in [0.2, 0.25) is 0 Å². The number of halogens is 2. The number of piperazine rings is 1. The minimum absolute atomic E-state index is 0.00866. The van der Waals surface area contributed by atoms with E-state index in [0.29, 0.717) is 12.1 Å². The normalized spacial score (nSPS) is 22.7. The van der Waals surface area contributed by atoms with Gasteiger partial charge < -0.3 is 5.32 Å². The maximum absolute atomic E-state index is 13.4. The van der Waals surface area contributed by atoms with Gasteiger partial charge in [-0.1, -0.05) is 20.8 Å². The van der Waals surface area contributed by atoms with Gasteiger partial charge in [0.25, 0.3) is 5.91 Å². The molecule has 1 N–H and O–H groups in total. The Morgan fingerprint density at radius 3 is 2.57 bits per heavy atom. The van der Waals surface area contributed by atoms with E-state index in [1.165, 1.54) is 23.1 Å². The van der Waals surface area contributed by atoms with Gasteiger partial charge in [0.1, 0.15) is 17.9 Å². The van der Waals surface area contributed by atoms with Gasteiger partial charge in [-0.25, -0.2) is 4.39 Å². The number of carbonyl (C=O) groups excluding carboxylic acids is 2. The molecule has 0 saturated carbocycles. The number of nitrogens with zero attached hydrogens (tertiary/aromatic N) is 1. The molecule has 2 unspecified atom stereocenters. The third-order valence-corrected chi connectivity index (χ3v) is 4.26. The zero-order chi connectivity index (χ0) is 15.7. The fraction of sp³-hybridized carbons (Fsp3) is 0.467. The summed E-state index contributed by atoms with van der Waals surface area (Å²) in [4.78, 5) is 26.4. The lowest BCUT2D eigenvalue weighted by atomic mass is 9.96. The molecule has 1 aromatic rings. The van der Waals surface area contributed by atoms with Crippen LogP contribution < -0.4 is 10.2 Å². The summed E-state index contributed by atoms with van der Waals surface area (Å²) in [7, 11) is 0. The van der Waals surface area contributed by atoms with Crippen LogP contribution in [0, 0.1) is 11.7 Å². The summed E-state index contributed by atoms with van der Waals surface area (Å²) in [6.07, 6.45) is 0.497. The maximum Gasteiger partial charge on any atom is 0.250 e. The van der Waals surface area contributed by atoms with Gasteiger partial charge in [-0.05, 0) is 46.5 Å². The first-order valence-corrected chi connectivity index (χ1v) is 7.74.